The smallest absolute Gasteiger partial charge is 0.226 e. The number of amides is 1. The number of hydrogen-bond acceptors (Lipinski definition) is 4. The number of hydrogen-bond donors (Lipinski definition) is 1. The standard InChI is InChI=1S/C9H11Cl2N3O2/c1-2-16-4-3-6(15)14-7-8(10)12-5-13-9(7)11/h5H,2-4H2,1H3,(H,14,15). The highest BCUT2D eigenvalue weighted by atomic mass is 35.5. The first-order valence-corrected chi connectivity index (χ1v) is 5.44. The molecule has 0 radical (unpaired) electrons. The van der Waals surface area contributed by atoms with Crippen LogP contribution in [0.3, 0.4) is 0 Å². The van der Waals surface area contributed by atoms with Gasteiger partial charge in [0.2, 0.25) is 5.91 Å². The van der Waals surface area contributed by atoms with Crippen LogP contribution in [-0.2, 0) is 9.53 Å². The summed E-state index contributed by atoms with van der Waals surface area (Å²) >= 11 is 11.5. The molecule has 1 rings (SSSR count). The maximum Gasteiger partial charge on any atom is 0.226 e. The van der Waals surface area contributed by atoms with Crippen LogP contribution in [0.2, 0.25) is 10.3 Å². The zero-order valence-electron chi connectivity index (χ0n) is 8.67. The van der Waals surface area contributed by atoms with E-state index in [1.54, 1.807) is 0 Å². The molecule has 0 saturated heterocycles. The molecule has 0 aliphatic carbocycles. The third kappa shape index (κ3) is 3.92. The van der Waals surface area contributed by atoms with Crippen molar-refractivity contribution in [2.75, 3.05) is 18.5 Å². The van der Waals surface area contributed by atoms with Gasteiger partial charge in [0.15, 0.2) is 10.3 Å². The highest BCUT2D eigenvalue weighted by molar-refractivity contribution is 6.38. The monoisotopic (exact) mass is 263 g/mol. The Morgan fingerprint density at radius 3 is 2.62 bits per heavy atom. The SMILES string of the molecule is CCOCCC(=O)Nc1c(Cl)ncnc1Cl. The van der Waals surface area contributed by atoms with Gasteiger partial charge in [-0.05, 0) is 6.92 Å². The second-order valence-corrected chi connectivity index (χ2v) is 3.54. The molecule has 1 amide bonds. The molecule has 0 spiro atoms. The molecule has 0 aliphatic rings. The van der Waals surface area contributed by atoms with Gasteiger partial charge in [-0.3, -0.25) is 4.79 Å². The number of nitrogens with one attached hydrogen (secondary N) is 1. The Kier molecular flexibility index (Phi) is 5.45. The second-order valence-electron chi connectivity index (χ2n) is 2.83. The molecule has 0 bridgehead atoms. The lowest BCUT2D eigenvalue weighted by Crippen LogP contribution is -2.15. The molecular weight excluding hydrogens is 253 g/mol. The van der Waals surface area contributed by atoms with E-state index in [0.717, 1.165) is 0 Å². The number of aromatic nitrogens is 2. The summed E-state index contributed by atoms with van der Waals surface area (Å²) < 4.78 is 5.04. The molecule has 1 N–H and O–H groups in total. The number of carbonyl (C=O) groups excluding carboxylic acids is 1. The minimum Gasteiger partial charge on any atom is -0.381 e. The predicted octanol–water partition coefficient (Wildman–Crippen LogP) is 2.15. The molecular formula is C9H11Cl2N3O2. The molecule has 5 nitrogen and oxygen atoms in total. The first kappa shape index (κ1) is 13.2. The minimum atomic E-state index is -0.243. The van der Waals surface area contributed by atoms with Crippen molar-refractivity contribution in [3.05, 3.63) is 16.6 Å². The Morgan fingerprint density at radius 2 is 2.06 bits per heavy atom. The Bertz CT molecular complexity index is 354. The van der Waals surface area contributed by atoms with Crippen LogP contribution in [0.15, 0.2) is 6.33 Å². The number of rotatable bonds is 5. The van der Waals surface area contributed by atoms with Crippen LogP contribution in [0.1, 0.15) is 13.3 Å². The van der Waals surface area contributed by atoms with Gasteiger partial charge in [-0.2, -0.15) is 0 Å². The first-order chi connectivity index (χ1) is 7.65. The lowest BCUT2D eigenvalue weighted by molar-refractivity contribution is -0.117. The van der Waals surface area contributed by atoms with Crippen molar-refractivity contribution in [1.82, 2.24) is 9.97 Å². The van der Waals surface area contributed by atoms with Crippen LogP contribution in [0.25, 0.3) is 0 Å². The Balaban J connectivity index is 2.56. The summed E-state index contributed by atoms with van der Waals surface area (Å²) in [7, 11) is 0. The summed E-state index contributed by atoms with van der Waals surface area (Å²) in [5.41, 5.74) is 0.229. The van der Waals surface area contributed by atoms with Crippen LogP contribution < -0.4 is 5.32 Å². The van der Waals surface area contributed by atoms with Crippen LogP contribution in [0.4, 0.5) is 5.69 Å². The largest absolute Gasteiger partial charge is 0.381 e. The number of halogens is 2. The third-order valence-corrected chi connectivity index (χ3v) is 2.27. The Hall–Kier alpha value is -0.910. The van der Waals surface area contributed by atoms with E-state index in [1.165, 1.54) is 6.33 Å². The molecule has 0 atom stereocenters. The van der Waals surface area contributed by atoms with Gasteiger partial charge in [-0.25, -0.2) is 9.97 Å². The number of carbonyl (C=O) groups is 1. The molecule has 88 valence electrons. The molecule has 0 aromatic carbocycles. The van der Waals surface area contributed by atoms with E-state index >= 15 is 0 Å². The average Bonchev–Trinajstić information content (AvgIpc) is 2.24. The van der Waals surface area contributed by atoms with E-state index in [4.69, 9.17) is 27.9 Å². The van der Waals surface area contributed by atoms with Crippen LogP contribution in [0.5, 0.6) is 0 Å². The molecule has 7 heteroatoms. The van der Waals surface area contributed by atoms with Crippen LogP contribution in [0, 0.1) is 0 Å². The van der Waals surface area contributed by atoms with Crippen molar-refractivity contribution < 1.29 is 9.53 Å². The van der Waals surface area contributed by atoms with E-state index in [0.29, 0.717) is 13.2 Å². The fourth-order valence-electron chi connectivity index (χ4n) is 0.959. The first-order valence-electron chi connectivity index (χ1n) is 4.68. The maximum absolute atomic E-state index is 11.4. The summed E-state index contributed by atoms with van der Waals surface area (Å²) in [5, 5.41) is 2.76. The van der Waals surface area contributed by atoms with Crippen molar-refractivity contribution in [2.24, 2.45) is 0 Å². The van der Waals surface area contributed by atoms with E-state index < -0.39 is 0 Å². The summed E-state index contributed by atoms with van der Waals surface area (Å²) in [6.45, 7) is 2.78. The number of anilines is 1. The summed E-state index contributed by atoms with van der Waals surface area (Å²) in [4.78, 5) is 18.9. The van der Waals surface area contributed by atoms with Gasteiger partial charge in [0.1, 0.15) is 12.0 Å². The van der Waals surface area contributed by atoms with Gasteiger partial charge < -0.3 is 10.1 Å². The lowest BCUT2D eigenvalue weighted by atomic mass is 10.4. The third-order valence-electron chi connectivity index (χ3n) is 1.70. The fourth-order valence-corrected chi connectivity index (χ4v) is 1.37. The van der Waals surface area contributed by atoms with Crippen molar-refractivity contribution in [2.45, 2.75) is 13.3 Å². The number of ether oxygens (including phenoxy) is 1. The molecule has 0 unspecified atom stereocenters. The summed E-state index contributed by atoms with van der Waals surface area (Å²) in [6, 6.07) is 0. The molecule has 0 aliphatic heterocycles. The van der Waals surface area contributed by atoms with Crippen LogP contribution in [-0.4, -0.2) is 29.1 Å². The topological polar surface area (TPSA) is 64.1 Å². The van der Waals surface area contributed by atoms with Gasteiger partial charge in [-0.15, -0.1) is 0 Å². The van der Waals surface area contributed by atoms with Gasteiger partial charge >= 0.3 is 0 Å². The Morgan fingerprint density at radius 1 is 1.44 bits per heavy atom. The molecule has 0 saturated carbocycles. The molecule has 1 heterocycles. The molecule has 0 fully saturated rings. The van der Waals surface area contributed by atoms with E-state index in [2.05, 4.69) is 15.3 Å². The van der Waals surface area contributed by atoms with Gasteiger partial charge in [0.25, 0.3) is 0 Å². The quantitative estimate of drug-likeness (QED) is 0.653. The van der Waals surface area contributed by atoms with Crippen molar-refractivity contribution in [1.29, 1.82) is 0 Å². The summed E-state index contributed by atoms with van der Waals surface area (Å²) in [5.74, 6) is -0.243. The Labute approximate surface area is 103 Å². The van der Waals surface area contributed by atoms with Crippen molar-refractivity contribution >= 4 is 34.8 Å². The van der Waals surface area contributed by atoms with Gasteiger partial charge in [0, 0.05) is 6.61 Å². The molecule has 1 aromatic rings. The zero-order chi connectivity index (χ0) is 12.0. The normalized spacial score (nSPS) is 10.2. The van der Waals surface area contributed by atoms with E-state index in [-0.39, 0.29) is 28.3 Å². The van der Waals surface area contributed by atoms with Gasteiger partial charge in [-0.1, -0.05) is 23.2 Å². The number of nitrogens with zero attached hydrogens (tertiary/aromatic N) is 2. The zero-order valence-corrected chi connectivity index (χ0v) is 10.2. The molecule has 16 heavy (non-hydrogen) atoms. The van der Waals surface area contributed by atoms with E-state index in [9.17, 15) is 4.79 Å². The summed E-state index contributed by atoms with van der Waals surface area (Å²) in [6.07, 6.45) is 1.45. The minimum absolute atomic E-state index is 0.116. The maximum atomic E-state index is 11.4. The lowest BCUT2D eigenvalue weighted by Gasteiger charge is -2.07. The average molecular weight is 264 g/mol. The fraction of sp³-hybridized carbons (Fsp3) is 0.444. The molecule has 1 aromatic heterocycles. The van der Waals surface area contributed by atoms with Crippen molar-refractivity contribution in [3.63, 3.8) is 0 Å². The predicted molar refractivity (Wildman–Crippen MR) is 61.8 cm³/mol. The van der Waals surface area contributed by atoms with E-state index in [1.807, 2.05) is 6.92 Å². The van der Waals surface area contributed by atoms with Gasteiger partial charge in [0.05, 0.1) is 13.0 Å². The van der Waals surface area contributed by atoms with Crippen LogP contribution >= 0.6 is 23.2 Å². The highest BCUT2D eigenvalue weighted by Gasteiger charge is 2.11. The highest BCUT2D eigenvalue weighted by Crippen LogP contribution is 2.25. The second kappa shape index (κ2) is 6.62. The van der Waals surface area contributed by atoms with Crippen molar-refractivity contribution in [3.8, 4) is 0 Å².